The van der Waals surface area contributed by atoms with Crippen molar-refractivity contribution in [3.63, 3.8) is 0 Å². The van der Waals surface area contributed by atoms with Crippen molar-refractivity contribution in [1.82, 2.24) is 0 Å². The molecule has 0 bridgehead atoms. The lowest BCUT2D eigenvalue weighted by Crippen LogP contribution is -2.26. The van der Waals surface area contributed by atoms with E-state index < -0.39 is 0 Å². The minimum absolute atomic E-state index is 0.0633. The van der Waals surface area contributed by atoms with Crippen molar-refractivity contribution in [2.45, 2.75) is 33.6 Å². The van der Waals surface area contributed by atoms with Gasteiger partial charge < -0.3 is 4.74 Å². The van der Waals surface area contributed by atoms with E-state index in [1.165, 1.54) is 0 Å². The number of carbonyl (C=O) groups is 1. The Morgan fingerprint density at radius 1 is 1.33 bits per heavy atom. The Morgan fingerprint density at radius 2 is 2.06 bits per heavy atom. The molecule has 2 nitrogen and oxygen atoms in total. The van der Waals surface area contributed by atoms with E-state index in [-0.39, 0.29) is 11.4 Å². The molecule has 1 aliphatic heterocycles. The maximum Gasteiger partial charge on any atom is 0.339 e. The van der Waals surface area contributed by atoms with Crippen LogP contribution in [0.15, 0.2) is 45.2 Å². The van der Waals surface area contributed by atoms with Crippen LogP contribution < -0.4 is 0 Å². The summed E-state index contributed by atoms with van der Waals surface area (Å²) in [5.74, 6) is 0.543. The highest BCUT2D eigenvalue weighted by Gasteiger charge is 2.42. The number of rotatable bonds is 0. The third kappa shape index (κ3) is 1.39. The average Bonchev–Trinajstić information content (AvgIpc) is 2.60. The van der Waals surface area contributed by atoms with Gasteiger partial charge in [-0.15, -0.1) is 0 Å². The molecule has 1 atom stereocenters. The summed E-state index contributed by atoms with van der Waals surface area (Å²) in [5.41, 5.74) is 3.86. The first-order chi connectivity index (χ1) is 8.44. The van der Waals surface area contributed by atoms with Crippen molar-refractivity contribution in [1.29, 1.82) is 0 Å². The second-order valence-corrected chi connectivity index (χ2v) is 5.83. The van der Waals surface area contributed by atoms with Crippen molar-refractivity contribution in [2.75, 3.05) is 0 Å². The van der Waals surface area contributed by atoms with Gasteiger partial charge in [0.15, 0.2) is 0 Å². The Morgan fingerprint density at radius 3 is 2.78 bits per heavy atom. The van der Waals surface area contributed by atoms with Crippen LogP contribution in [-0.2, 0) is 9.53 Å². The number of esters is 1. The molecule has 0 aromatic heterocycles. The predicted molar refractivity (Wildman–Crippen MR) is 70.9 cm³/mol. The molecular formula is C15H15ClO2. The zero-order valence-corrected chi connectivity index (χ0v) is 11.5. The van der Waals surface area contributed by atoms with Crippen molar-refractivity contribution < 1.29 is 9.53 Å². The summed E-state index contributed by atoms with van der Waals surface area (Å²) in [4.78, 5) is 11.7. The third-order valence-electron chi connectivity index (χ3n) is 4.25. The Hall–Kier alpha value is -1.28. The van der Waals surface area contributed by atoms with Gasteiger partial charge in [0.25, 0.3) is 0 Å². The van der Waals surface area contributed by atoms with Crippen LogP contribution in [0.2, 0.25) is 0 Å². The van der Waals surface area contributed by atoms with Gasteiger partial charge in [-0.05, 0) is 38.3 Å². The minimum Gasteiger partial charge on any atom is -0.423 e. The molecule has 0 spiro atoms. The maximum absolute atomic E-state index is 11.7. The van der Waals surface area contributed by atoms with Gasteiger partial charge >= 0.3 is 5.97 Å². The monoisotopic (exact) mass is 262 g/mol. The van der Waals surface area contributed by atoms with Crippen LogP contribution in [0, 0.1) is 5.41 Å². The van der Waals surface area contributed by atoms with Gasteiger partial charge in [-0.2, -0.15) is 0 Å². The third-order valence-corrected chi connectivity index (χ3v) is 4.66. The fraction of sp³-hybridized carbons (Fsp3) is 0.400. The van der Waals surface area contributed by atoms with Crippen molar-refractivity contribution in [3.8, 4) is 0 Å². The molecular weight excluding hydrogens is 248 g/mol. The second-order valence-electron chi connectivity index (χ2n) is 5.42. The van der Waals surface area contributed by atoms with Crippen LogP contribution >= 0.6 is 11.6 Å². The van der Waals surface area contributed by atoms with Crippen LogP contribution in [0.5, 0.6) is 0 Å². The summed E-state index contributed by atoms with van der Waals surface area (Å²) in [6.07, 6.45) is 5.97. The fourth-order valence-corrected chi connectivity index (χ4v) is 3.22. The zero-order chi connectivity index (χ0) is 13.1. The first kappa shape index (κ1) is 11.8. The van der Waals surface area contributed by atoms with Crippen LogP contribution in [0.25, 0.3) is 0 Å². The van der Waals surface area contributed by atoms with Crippen LogP contribution in [0.1, 0.15) is 33.6 Å². The van der Waals surface area contributed by atoms with Crippen molar-refractivity contribution in [3.05, 3.63) is 45.2 Å². The predicted octanol–water partition coefficient (Wildman–Crippen LogP) is 4.00. The first-order valence-electron chi connectivity index (χ1n) is 6.17. The summed E-state index contributed by atoms with van der Waals surface area (Å²) in [7, 11) is 0. The Balaban J connectivity index is 2.29. The van der Waals surface area contributed by atoms with Gasteiger partial charge in [0.2, 0.25) is 0 Å². The van der Waals surface area contributed by atoms with Crippen molar-refractivity contribution in [2.24, 2.45) is 5.41 Å². The number of halogens is 1. The molecule has 0 radical (unpaired) electrons. The summed E-state index contributed by atoms with van der Waals surface area (Å²) < 4.78 is 5.47. The molecule has 0 aromatic carbocycles. The number of hydrogen-bond donors (Lipinski definition) is 0. The highest BCUT2D eigenvalue weighted by molar-refractivity contribution is 6.32. The van der Waals surface area contributed by atoms with Crippen LogP contribution in [-0.4, -0.2) is 5.97 Å². The number of carbonyl (C=O) groups excluding carboxylic acids is 1. The number of ether oxygens (including phenoxy) is 1. The normalized spacial score (nSPS) is 30.8. The molecule has 0 amide bonds. The molecule has 2 aliphatic carbocycles. The molecule has 0 aromatic rings. The van der Waals surface area contributed by atoms with E-state index in [9.17, 15) is 4.79 Å². The second kappa shape index (κ2) is 3.61. The Labute approximate surface area is 112 Å². The molecule has 0 N–H and O–H groups in total. The summed E-state index contributed by atoms with van der Waals surface area (Å²) in [6.45, 7) is 6.01. The summed E-state index contributed by atoms with van der Waals surface area (Å²) in [6, 6.07) is 0. The molecule has 1 unspecified atom stereocenters. The molecule has 3 rings (SSSR count). The highest BCUT2D eigenvalue weighted by Crippen LogP contribution is 2.52. The quantitative estimate of drug-likeness (QED) is 0.617. The van der Waals surface area contributed by atoms with Gasteiger partial charge in [0, 0.05) is 27.2 Å². The van der Waals surface area contributed by atoms with Gasteiger partial charge in [0.1, 0.15) is 5.76 Å². The van der Waals surface area contributed by atoms with E-state index in [1.807, 2.05) is 19.9 Å². The lowest BCUT2D eigenvalue weighted by atomic mass is 9.67. The smallest absolute Gasteiger partial charge is 0.339 e. The van der Waals surface area contributed by atoms with Crippen molar-refractivity contribution >= 4 is 17.6 Å². The van der Waals surface area contributed by atoms with E-state index >= 15 is 0 Å². The van der Waals surface area contributed by atoms with Gasteiger partial charge in [-0.25, -0.2) is 4.79 Å². The standard InChI is InChI=1S/C15H15ClO2/c1-8-10-4-6-15(3)7-5-11(16)9(2)12(15)13(10)18-14(8)17/h5,7H,4,6H2,1-3H3. The molecule has 0 fully saturated rings. The fourth-order valence-electron chi connectivity index (χ4n) is 3.06. The van der Waals surface area contributed by atoms with E-state index in [0.717, 1.165) is 45.9 Å². The average molecular weight is 263 g/mol. The molecule has 18 heavy (non-hydrogen) atoms. The number of hydrogen-bond acceptors (Lipinski definition) is 2. The Kier molecular flexibility index (Phi) is 2.36. The minimum atomic E-state index is -0.213. The molecule has 0 saturated carbocycles. The van der Waals surface area contributed by atoms with Gasteiger partial charge in [-0.3, -0.25) is 0 Å². The van der Waals surface area contributed by atoms with E-state index in [1.54, 1.807) is 0 Å². The highest BCUT2D eigenvalue weighted by atomic mass is 35.5. The molecule has 3 heteroatoms. The molecule has 0 saturated heterocycles. The van der Waals surface area contributed by atoms with Gasteiger partial charge in [0.05, 0.1) is 0 Å². The number of allylic oxidation sites excluding steroid dienone is 6. The van der Waals surface area contributed by atoms with Crippen LogP contribution in [0.3, 0.4) is 0 Å². The maximum atomic E-state index is 11.7. The largest absolute Gasteiger partial charge is 0.423 e. The molecule has 3 aliphatic rings. The molecule has 94 valence electrons. The Bertz CT molecular complexity index is 590. The topological polar surface area (TPSA) is 26.3 Å². The summed E-state index contributed by atoms with van der Waals surface area (Å²) in [5, 5.41) is 0.733. The van der Waals surface area contributed by atoms with E-state index in [0.29, 0.717) is 0 Å². The molecule has 1 heterocycles. The summed E-state index contributed by atoms with van der Waals surface area (Å²) >= 11 is 6.21. The van der Waals surface area contributed by atoms with Gasteiger partial charge in [-0.1, -0.05) is 24.6 Å². The zero-order valence-electron chi connectivity index (χ0n) is 10.8. The van der Waals surface area contributed by atoms with E-state index in [2.05, 4.69) is 13.0 Å². The number of fused-ring (bicyclic) bond motifs is 2. The lowest BCUT2D eigenvalue weighted by Gasteiger charge is -2.37. The SMILES string of the molecule is CC1=C(Cl)C=CC2(C)CCC3=C(C)C(=O)OC3=C12. The first-order valence-corrected chi connectivity index (χ1v) is 6.55. The lowest BCUT2D eigenvalue weighted by molar-refractivity contribution is -0.133. The van der Waals surface area contributed by atoms with E-state index in [4.69, 9.17) is 16.3 Å². The van der Waals surface area contributed by atoms with Crippen LogP contribution in [0.4, 0.5) is 0 Å².